The number of amides is 1. The van der Waals surface area contributed by atoms with Crippen LogP contribution in [0.4, 0.5) is 4.39 Å². The molecule has 0 spiro atoms. The van der Waals surface area contributed by atoms with Crippen LogP contribution in [0.3, 0.4) is 0 Å². The molecule has 0 aliphatic heterocycles. The maximum atomic E-state index is 12.6. The third-order valence-electron chi connectivity index (χ3n) is 1.96. The molecule has 0 aromatic heterocycles. The summed E-state index contributed by atoms with van der Waals surface area (Å²) in [5.74, 6) is -0.596. The van der Waals surface area contributed by atoms with E-state index in [9.17, 15) is 9.18 Å². The number of benzene rings is 1. The van der Waals surface area contributed by atoms with Crippen LogP contribution in [0, 0.1) is 5.82 Å². The van der Waals surface area contributed by atoms with E-state index >= 15 is 0 Å². The van der Waals surface area contributed by atoms with Gasteiger partial charge in [0.25, 0.3) is 0 Å². The standard InChI is InChI=1S/C12H14FNO2/c1-9(8-15)14-12(16)7-4-10-2-5-11(13)6-3-10/h2-7,9,15H,8H2,1H3,(H,14,16)/t9-/m0/s1. The van der Waals surface area contributed by atoms with Crippen LogP contribution in [0.2, 0.25) is 0 Å². The molecular weight excluding hydrogens is 209 g/mol. The average molecular weight is 223 g/mol. The molecule has 4 heteroatoms. The number of halogens is 1. The van der Waals surface area contributed by atoms with E-state index in [-0.39, 0.29) is 24.4 Å². The van der Waals surface area contributed by atoms with Gasteiger partial charge in [-0.3, -0.25) is 4.79 Å². The van der Waals surface area contributed by atoms with Crippen LogP contribution in [0.5, 0.6) is 0 Å². The number of hydrogen-bond donors (Lipinski definition) is 2. The Morgan fingerprint density at radius 2 is 2.12 bits per heavy atom. The molecule has 0 fully saturated rings. The molecule has 16 heavy (non-hydrogen) atoms. The molecule has 0 radical (unpaired) electrons. The van der Waals surface area contributed by atoms with Crippen LogP contribution in [0.15, 0.2) is 30.3 Å². The average Bonchev–Trinajstić information content (AvgIpc) is 2.28. The smallest absolute Gasteiger partial charge is 0.244 e. The third-order valence-corrected chi connectivity index (χ3v) is 1.96. The monoisotopic (exact) mass is 223 g/mol. The lowest BCUT2D eigenvalue weighted by Crippen LogP contribution is -2.33. The van der Waals surface area contributed by atoms with Crippen molar-refractivity contribution in [2.45, 2.75) is 13.0 Å². The minimum atomic E-state index is -0.310. The molecule has 0 heterocycles. The Labute approximate surface area is 93.6 Å². The summed E-state index contributed by atoms with van der Waals surface area (Å²) < 4.78 is 12.6. The number of nitrogens with one attached hydrogen (secondary N) is 1. The van der Waals surface area contributed by atoms with Gasteiger partial charge in [0.2, 0.25) is 5.91 Å². The molecule has 2 N–H and O–H groups in total. The number of hydrogen-bond acceptors (Lipinski definition) is 2. The van der Waals surface area contributed by atoms with Crippen molar-refractivity contribution in [1.29, 1.82) is 0 Å². The van der Waals surface area contributed by atoms with Gasteiger partial charge in [0.15, 0.2) is 0 Å². The zero-order valence-electron chi connectivity index (χ0n) is 8.98. The van der Waals surface area contributed by atoms with E-state index in [4.69, 9.17) is 5.11 Å². The summed E-state index contributed by atoms with van der Waals surface area (Å²) >= 11 is 0. The van der Waals surface area contributed by atoms with Gasteiger partial charge in [0, 0.05) is 12.1 Å². The van der Waals surface area contributed by atoms with Gasteiger partial charge in [0.1, 0.15) is 5.82 Å². The summed E-state index contributed by atoms with van der Waals surface area (Å²) in [6.07, 6.45) is 2.93. The fourth-order valence-electron chi connectivity index (χ4n) is 1.08. The molecule has 1 amide bonds. The van der Waals surface area contributed by atoms with Crippen molar-refractivity contribution in [3.8, 4) is 0 Å². The van der Waals surface area contributed by atoms with Crippen molar-refractivity contribution in [2.75, 3.05) is 6.61 Å². The molecule has 1 atom stereocenters. The summed E-state index contributed by atoms with van der Waals surface area (Å²) in [5.41, 5.74) is 0.744. The van der Waals surface area contributed by atoms with Crippen molar-refractivity contribution >= 4 is 12.0 Å². The van der Waals surface area contributed by atoms with E-state index < -0.39 is 0 Å². The SMILES string of the molecule is C[C@@H](CO)NC(=O)C=Cc1ccc(F)cc1. The van der Waals surface area contributed by atoms with Gasteiger partial charge >= 0.3 is 0 Å². The fourth-order valence-corrected chi connectivity index (χ4v) is 1.08. The van der Waals surface area contributed by atoms with Gasteiger partial charge in [-0.2, -0.15) is 0 Å². The van der Waals surface area contributed by atoms with Crippen LogP contribution in [-0.4, -0.2) is 23.7 Å². The predicted octanol–water partition coefficient (Wildman–Crippen LogP) is 1.34. The highest BCUT2D eigenvalue weighted by Crippen LogP contribution is 2.04. The molecule has 0 aliphatic rings. The summed E-state index contributed by atoms with van der Waals surface area (Å²) in [5, 5.41) is 11.3. The van der Waals surface area contributed by atoms with Gasteiger partial charge < -0.3 is 10.4 Å². The Kier molecular flexibility index (Phi) is 4.66. The number of carbonyl (C=O) groups is 1. The van der Waals surface area contributed by atoms with Crippen molar-refractivity contribution < 1.29 is 14.3 Å². The van der Waals surface area contributed by atoms with Crippen molar-refractivity contribution in [3.63, 3.8) is 0 Å². The predicted molar refractivity (Wildman–Crippen MR) is 60.1 cm³/mol. The quantitative estimate of drug-likeness (QED) is 0.757. The number of aliphatic hydroxyl groups is 1. The second-order valence-electron chi connectivity index (χ2n) is 3.48. The topological polar surface area (TPSA) is 49.3 Å². The second kappa shape index (κ2) is 6.02. The highest BCUT2D eigenvalue weighted by molar-refractivity contribution is 5.91. The Balaban J connectivity index is 2.53. The lowest BCUT2D eigenvalue weighted by molar-refractivity contribution is -0.117. The maximum Gasteiger partial charge on any atom is 0.244 e. The molecule has 0 unspecified atom stereocenters. The summed E-state index contributed by atoms with van der Waals surface area (Å²) in [6.45, 7) is 1.60. The minimum Gasteiger partial charge on any atom is -0.394 e. The number of rotatable bonds is 4. The van der Waals surface area contributed by atoms with Gasteiger partial charge in [0.05, 0.1) is 6.61 Å². The molecule has 0 bridgehead atoms. The highest BCUT2D eigenvalue weighted by atomic mass is 19.1. The van der Waals surface area contributed by atoms with E-state index in [2.05, 4.69) is 5.32 Å². The van der Waals surface area contributed by atoms with Crippen molar-refractivity contribution in [1.82, 2.24) is 5.32 Å². The van der Waals surface area contributed by atoms with Gasteiger partial charge in [-0.15, -0.1) is 0 Å². The first-order chi connectivity index (χ1) is 7.61. The second-order valence-corrected chi connectivity index (χ2v) is 3.48. The first-order valence-corrected chi connectivity index (χ1v) is 4.97. The molecule has 0 aliphatic carbocycles. The normalized spacial score (nSPS) is 12.7. The van der Waals surface area contributed by atoms with E-state index in [0.717, 1.165) is 5.56 Å². The third kappa shape index (κ3) is 4.23. The lowest BCUT2D eigenvalue weighted by atomic mass is 10.2. The molecule has 0 saturated heterocycles. The van der Waals surface area contributed by atoms with E-state index in [0.29, 0.717) is 0 Å². The van der Waals surface area contributed by atoms with Crippen molar-refractivity contribution in [3.05, 3.63) is 41.7 Å². The first-order valence-electron chi connectivity index (χ1n) is 4.97. The zero-order valence-corrected chi connectivity index (χ0v) is 8.98. The molecule has 3 nitrogen and oxygen atoms in total. The molecule has 1 aromatic rings. The minimum absolute atomic E-state index is 0.101. The van der Waals surface area contributed by atoms with Crippen LogP contribution >= 0.6 is 0 Å². The molecule has 86 valence electrons. The molecular formula is C12H14FNO2. The van der Waals surface area contributed by atoms with E-state index in [1.165, 1.54) is 18.2 Å². The highest BCUT2D eigenvalue weighted by Gasteiger charge is 2.01. The Hall–Kier alpha value is -1.68. The number of aliphatic hydroxyl groups excluding tert-OH is 1. The molecule has 1 rings (SSSR count). The van der Waals surface area contributed by atoms with Crippen LogP contribution in [0.25, 0.3) is 6.08 Å². The molecule has 1 aromatic carbocycles. The Morgan fingerprint density at radius 1 is 1.50 bits per heavy atom. The van der Waals surface area contributed by atoms with Gasteiger partial charge in [-0.05, 0) is 30.7 Å². The largest absolute Gasteiger partial charge is 0.394 e. The fraction of sp³-hybridized carbons (Fsp3) is 0.250. The van der Waals surface area contributed by atoms with Crippen LogP contribution in [0.1, 0.15) is 12.5 Å². The molecule has 0 saturated carbocycles. The van der Waals surface area contributed by atoms with E-state index in [1.807, 2.05) is 0 Å². The van der Waals surface area contributed by atoms with Crippen LogP contribution in [-0.2, 0) is 4.79 Å². The summed E-state index contributed by atoms with van der Waals surface area (Å²) in [6, 6.07) is 5.54. The summed E-state index contributed by atoms with van der Waals surface area (Å²) in [7, 11) is 0. The lowest BCUT2D eigenvalue weighted by Gasteiger charge is -2.07. The zero-order chi connectivity index (χ0) is 12.0. The maximum absolute atomic E-state index is 12.6. The van der Waals surface area contributed by atoms with Gasteiger partial charge in [-0.1, -0.05) is 12.1 Å². The first kappa shape index (κ1) is 12.4. The number of carbonyl (C=O) groups excluding carboxylic acids is 1. The van der Waals surface area contributed by atoms with Crippen molar-refractivity contribution in [2.24, 2.45) is 0 Å². The van der Waals surface area contributed by atoms with Crippen LogP contribution < -0.4 is 5.32 Å². The van der Waals surface area contributed by atoms with E-state index in [1.54, 1.807) is 25.1 Å². The van der Waals surface area contributed by atoms with Gasteiger partial charge in [-0.25, -0.2) is 4.39 Å². The summed E-state index contributed by atoms with van der Waals surface area (Å²) in [4.78, 5) is 11.3. The Bertz CT molecular complexity index is 373. The Morgan fingerprint density at radius 3 is 2.69 bits per heavy atom.